The van der Waals surface area contributed by atoms with Gasteiger partial charge in [-0.1, -0.05) is 18.2 Å². The summed E-state index contributed by atoms with van der Waals surface area (Å²) in [5, 5.41) is 3.00. The van der Waals surface area contributed by atoms with E-state index in [1.165, 1.54) is 5.56 Å². The number of piperidine rings is 1. The highest BCUT2D eigenvalue weighted by Crippen LogP contribution is 2.35. The predicted octanol–water partition coefficient (Wildman–Crippen LogP) is 3.43. The molecular formula is C25H29N3O4. The third-order valence-corrected chi connectivity index (χ3v) is 6.89. The first-order valence-corrected chi connectivity index (χ1v) is 11.4. The molecule has 7 heteroatoms. The quantitative estimate of drug-likeness (QED) is 0.797. The highest BCUT2D eigenvalue weighted by molar-refractivity contribution is 5.99. The molecule has 2 atom stereocenters. The van der Waals surface area contributed by atoms with Crippen molar-refractivity contribution in [3.05, 3.63) is 48.0 Å². The normalized spacial score (nSPS) is 21.3. The van der Waals surface area contributed by atoms with Crippen LogP contribution in [0.4, 0.5) is 11.4 Å². The molecule has 3 aliphatic rings. The van der Waals surface area contributed by atoms with Crippen molar-refractivity contribution in [3.63, 3.8) is 0 Å². The Morgan fingerprint density at radius 3 is 2.62 bits per heavy atom. The Morgan fingerprint density at radius 2 is 1.81 bits per heavy atom. The average Bonchev–Trinajstić information content (AvgIpc) is 3.41. The topological polar surface area (TPSA) is 71.1 Å². The number of anilines is 2. The van der Waals surface area contributed by atoms with Crippen molar-refractivity contribution in [3.8, 4) is 11.5 Å². The van der Waals surface area contributed by atoms with Crippen LogP contribution in [0.2, 0.25) is 0 Å². The smallest absolute Gasteiger partial charge is 0.244 e. The van der Waals surface area contributed by atoms with Crippen LogP contribution in [0, 0.1) is 5.92 Å². The van der Waals surface area contributed by atoms with Crippen molar-refractivity contribution < 1.29 is 19.1 Å². The van der Waals surface area contributed by atoms with Crippen molar-refractivity contribution in [2.24, 2.45) is 5.92 Å². The van der Waals surface area contributed by atoms with E-state index in [2.05, 4.69) is 23.2 Å². The number of likely N-dealkylation sites (tertiary alicyclic amines) is 1. The van der Waals surface area contributed by atoms with Crippen molar-refractivity contribution >= 4 is 23.2 Å². The maximum absolute atomic E-state index is 13.4. The standard InChI is InChI=1S/C25H29N3O4/c1-16-13-19-5-3-4-6-21(19)28(16)25(30)17(2)27-11-9-18(10-12-27)24(29)26-20-7-8-22-23(14-20)32-15-31-22/h3-8,14,16-18H,9-13,15H2,1-2H3,(H,26,29)/t16-,17+/m0/s1. The van der Waals surface area contributed by atoms with Crippen LogP contribution in [-0.4, -0.2) is 48.7 Å². The number of carbonyl (C=O) groups is 2. The van der Waals surface area contributed by atoms with Gasteiger partial charge in [-0.05, 0) is 70.0 Å². The maximum Gasteiger partial charge on any atom is 0.244 e. The van der Waals surface area contributed by atoms with Gasteiger partial charge in [-0.25, -0.2) is 0 Å². The predicted molar refractivity (Wildman–Crippen MR) is 122 cm³/mol. The van der Waals surface area contributed by atoms with Gasteiger partial charge in [0.1, 0.15) is 0 Å². The SMILES string of the molecule is C[C@H](C(=O)N1c2ccccc2C[C@@H]1C)N1CCC(C(=O)Nc2ccc3c(c2)OCO3)CC1. The lowest BCUT2D eigenvalue weighted by molar-refractivity contribution is -0.125. The molecule has 2 aromatic carbocycles. The molecule has 2 aromatic rings. The molecule has 3 aliphatic heterocycles. The number of ether oxygens (including phenoxy) is 2. The Labute approximate surface area is 188 Å². The van der Waals surface area contributed by atoms with Crippen molar-refractivity contribution in [1.29, 1.82) is 0 Å². The molecular weight excluding hydrogens is 406 g/mol. The zero-order valence-corrected chi connectivity index (χ0v) is 18.5. The van der Waals surface area contributed by atoms with Crippen LogP contribution in [0.15, 0.2) is 42.5 Å². The zero-order chi connectivity index (χ0) is 22.2. The monoisotopic (exact) mass is 435 g/mol. The molecule has 5 rings (SSSR count). The average molecular weight is 436 g/mol. The summed E-state index contributed by atoms with van der Waals surface area (Å²) in [5.74, 6) is 1.45. The molecule has 1 fully saturated rings. The number of rotatable bonds is 4. The summed E-state index contributed by atoms with van der Waals surface area (Å²) in [4.78, 5) is 30.3. The molecule has 0 spiro atoms. The lowest BCUT2D eigenvalue weighted by atomic mass is 9.94. The zero-order valence-electron chi connectivity index (χ0n) is 18.5. The third-order valence-electron chi connectivity index (χ3n) is 6.89. The fourth-order valence-corrected chi connectivity index (χ4v) is 5.03. The minimum atomic E-state index is -0.207. The number of hydrogen-bond donors (Lipinski definition) is 1. The highest BCUT2D eigenvalue weighted by atomic mass is 16.7. The van der Waals surface area contributed by atoms with Gasteiger partial charge in [0.2, 0.25) is 18.6 Å². The van der Waals surface area contributed by atoms with Gasteiger partial charge in [0.25, 0.3) is 0 Å². The number of carbonyl (C=O) groups excluding carboxylic acids is 2. The largest absolute Gasteiger partial charge is 0.454 e. The maximum atomic E-state index is 13.4. The van der Waals surface area contributed by atoms with Crippen molar-refractivity contribution in [2.45, 2.75) is 45.2 Å². The second kappa shape index (κ2) is 8.47. The van der Waals surface area contributed by atoms with Crippen LogP contribution in [-0.2, 0) is 16.0 Å². The molecule has 0 radical (unpaired) electrons. The Balaban J connectivity index is 1.17. The van der Waals surface area contributed by atoms with Gasteiger partial charge in [0, 0.05) is 29.4 Å². The summed E-state index contributed by atoms with van der Waals surface area (Å²) in [6, 6.07) is 13.6. The number of fused-ring (bicyclic) bond motifs is 2. The van der Waals surface area contributed by atoms with E-state index in [1.807, 2.05) is 42.2 Å². The summed E-state index contributed by atoms with van der Waals surface area (Å²) in [7, 11) is 0. The summed E-state index contributed by atoms with van der Waals surface area (Å²) in [6.45, 7) is 5.77. The first-order chi connectivity index (χ1) is 15.5. The lowest BCUT2D eigenvalue weighted by Gasteiger charge is -2.37. The van der Waals surface area contributed by atoms with E-state index in [0.29, 0.717) is 17.2 Å². The summed E-state index contributed by atoms with van der Waals surface area (Å²) >= 11 is 0. The number of nitrogens with zero attached hydrogens (tertiary/aromatic N) is 2. The molecule has 0 bridgehead atoms. The molecule has 168 valence electrons. The Kier molecular flexibility index (Phi) is 5.51. The van der Waals surface area contributed by atoms with Gasteiger partial charge in [-0.3, -0.25) is 14.5 Å². The van der Waals surface area contributed by atoms with E-state index in [1.54, 1.807) is 6.07 Å². The minimum absolute atomic E-state index is 0.0181. The van der Waals surface area contributed by atoms with E-state index >= 15 is 0 Å². The molecule has 1 N–H and O–H groups in total. The lowest BCUT2D eigenvalue weighted by Crippen LogP contribution is -2.52. The van der Waals surface area contributed by atoms with Gasteiger partial charge >= 0.3 is 0 Å². The van der Waals surface area contributed by atoms with E-state index < -0.39 is 0 Å². The van der Waals surface area contributed by atoms with Gasteiger partial charge in [0.15, 0.2) is 11.5 Å². The Morgan fingerprint density at radius 1 is 1.06 bits per heavy atom. The third kappa shape index (κ3) is 3.81. The molecule has 0 aliphatic carbocycles. The fraction of sp³-hybridized carbons (Fsp3) is 0.440. The van der Waals surface area contributed by atoms with Crippen LogP contribution in [0.5, 0.6) is 11.5 Å². The second-order valence-electron chi connectivity index (χ2n) is 8.93. The number of benzene rings is 2. The summed E-state index contributed by atoms with van der Waals surface area (Å²) in [5.41, 5.74) is 2.99. The van der Waals surface area contributed by atoms with Crippen LogP contribution in [0.25, 0.3) is 0 Å². The number of amides is 2. The Hall–Kier alpha value is -3.06. The molecule has 0 saturated carbocycles. The van der Waals surface area contributed by atoms with E-state index in [9.17, 15) is 9.59 Å². The van der Waals surface area contributed by atoms with E-state index in [-0.39, 0.29) is 36.6 Å². The molecule has 32 heavy (non-hydrogen) atoms. The second-order valence-corrected chi connectivity index (χ2v) is 8.93. The minimum Gasteiger partial charge on any atom is -0.454 e. The molecule has 7 nitrogen and oxygen atoms in total. The summed E-state index contributed by atoms with van der Waals surface area (Å²) < 4.78 is 10.7. The van der Waals surface area contributed by atoms with Gasteiger partial charge in [0.05, 0.1) is 6.04 Å². The van der Waals surface area contributed by atoms with E-state index in [4.69, 9.17) is 9.47 Å². The van der Waals surface area contributed by atoms with Crippen LogP contribution in [0.1, 0.15) is 32.3 Å². The molecule has 0 aromatic heterocycles. The highest BCUT2D eigenvalue weighted by Gasteiger charge is 2.36. The van der Waals surface area contributed by atoms with Crippen molar-refractivity contribution in [1.82, 2.24) is 4.90 Å². The van der Waals surface area contributed by atoms with Crippen LogP contribution in [0.3, 0.4) is 0 Å². The van der Waals surface area contributed by atoms with Gasteiger partial charge < -0.3 is 19.7 Å². The molecule has 1 saturated heterocycles. The van der Waals surface area contributed by atoms with Crippen LogP contribution >= 0.6 is 0 Å². The molecule has 3 heterocycles. The van der Waals surface area contributed by atoms with Gasteiger partial charge in [-0.15, -0.1) is 0 Å². The summed E-state index contributed by atoms with van der Waals surface area (Å²) in [6.07, 6.45) is 2.37. The number of hydrogen-bond acceptors (Lipinski definition) is 5. The molecule has 2 amide bonds. The van der Waals surface area contributed by atoms with Gasteiger partial charge in [-0.2, -0.15) is 0 Å². The Bertz CT molecular complexity index is 1030. The first kappa shape index (κ1) is 20.8. The van der Waals surface area contributed by atoms with Crippen molar-refractivity contribution in [2.75, 3.05) is 30.1 Å². The molecule has 0 unspecified atom stereocenters. The van der Waals surface area contributed by atoms with Crippen LogP contribution < -0.4 is 19.7 Å². The first-order valence-electron chi connectivity index (χ1n) is 11.4. The number of nitrogens with one attached hydrogen (secondary N) is 1. The number of para-hydroxylation sites is 1. The fourth-order valence-electron chi connectivity index (χ4n) is 5.03. The van der Waals surface area contributed by atoms with E-state index in [0.717, 1.165) is 38.0 Å².